The highest BCUT2D eigenvalue weighted by atomic mass is 16.7. The fourth-order valence-corrected chi connectivity index (χ4v) is 2.15. The molecular formula is C12H16O3. The van der Waals surface area contributed by atoms with E-state index in [1.165, 1.54) is 0 Å². The highest BCUT2D eigenvalue weighted by molar-refractivity contribution is 5.96. The molecule has 2 rings (SSSR count). The zero-order valence-corrected chi connectivity index (χ0v) is 8.95. The smallest absolute Gasteiger partial charge is 0.341 e. The molecule has 3 nitrogen and oxygen atoms in total. The van der Waals surface area contributed by atoms with Crippen LogP contribution in [0.1, 0.15) is 39.0 Å². The van der Waals surface area contributed by atoms with E-state index in [2.05, 4.69) is 6.92 Å². The average molecular weight is 208 g/mol. The topological polar surface area (TPSA) is 46.5 Å². The Morgan fingerprint density at radius 1 is 1.60 bits per heavy atom. The van der Waals surface area contributed by atoms with Crippen LogP contribution in [0.4, 0.5) is 0 Å². The second kappa shape index (κ2) is 3.81. The Labute approximate surface area is 89.4 Å². The van der Waals surface area contributed by atoms with Crippen LogP contribution in [-0.2, 0) is 9.53 Å². The molecule has 0 aromatic heterocycles. The number of rotatable bonds is 3. The number of unbranched alkanes of at least 4 members (excludes halogenated alkanes) is 1. The third-order valence-electron chi connectivity index (χ3n) is 2.99. The van der Waals surface area contributed by atoms with Gasteiger partial charge in [0, 0.05) is 12.0 Å². The molecule has 0 bridgehead atoms. The van der Waals surface area contributed by atoms with E-state index in [-0.39, 0.29) is 5.97 Å². The Hall–Kier alpha value is -1.09. The standard InChI is InChI=1S/C12H16O3/c1-2-3-8-12(14)10-7-5-4-6-9(10)11(13)15-12/h4,6,14H,2-3,5,7-8H2,1H3. The average Bonchev–Trinajstić information content (AvgIpc) is 2.50. The van der Waals surface area contributed by atoms with Crippen LogP contribution in [-0.4, -0.2) is 16.9 Å². The predicted octanol–water partition coefficient (Wildman–Crippen LogP) is 2.07. The van der Waals surface area contributed by atoms with Gasteiger partial charge in [-0.3, -0.25) is 0 Å². The molecule has 1 unspecified atom stereocenters. The molecule has 15 heavy (non-hydrogen) atoms. The molecule has 82 valence electrons. The van der Waals surface area contributed by atoms with Crippen LogP contribution in [0.3, 0.4) is 0 Å². The van der Waals surface area contributed by atoms with Crippen molar-refractivity contribution in [1.29, 1.82) is 0 Å². The summed E-state index contributed by atoms with van der Waals surface area (Å²) in [7, 11) is 0. The Morgan fingerprint density at radius 2 is 2.40 bits per heavy atom. The molecule has 0 aromatic carbocycles. The number of aliphatic hydroxyl groups is 1. The maximum absolute atomic E-state index is 11.5. The van der Waals surface area contributed by atoms with Gasteiger partial charge in [-0.15, -0.1) is 0 Å². The SMILES string of the molecule is CCCCC1(O)OC(=O)C2=C1CCC=C2. The van der Waals surface area contributed by atoms with Crippen LogP contribution in [0.5, 0.6) is 0 Å². The van der Waals surface area contributed by atoms with Crippen LogP contribution in [0.25, 0.3) is 0 Å². The van der Waals surface area contributed by atoms with Gasteiger partial charge in [0.05, 0.1) is 5.57 Å². The minimum absolute atomic E-state index is 0.375. The first kappa shape index (κ1) is 10.4. The van der Waals surface area contributed by atoms with Crippen LogP contribution in [0, 0.1) is 0 Å². The quantitative estimate of drug-likeness (QED) is 0.722. The number of esters is 1. The monoisotopic (exact) mass is 208 g/mol. The first-order valence-corrected chi connectivity index (χ1v) is 5.53. The first-order valence-electron chi connectivity index (χ1n) is 5.53. The van der Waals surface area contributed by atoms with E-state index < -0.39 is 5.79 Å². The van der Waals surface area contributed by atoms with Crippen molar-refractivity contribution in [1.82, 2.24) is 0 Å². The van der Waals surface area contributed by atoms with E-state index in [1.807, 2.05) is 6.08 Å². The Morgan fingerprint density at radius 3 is 3.13 bits per heavy atom. The van der Waals surface area contributed by atoms with Crippen molar-refractivity contribution in [2.45, 2.75) is 44.8 Å². The lowest BCUT2D eigenvalue weighted by Gasteiger charge is -2.25. The van der Waals surface area contributed by atoms with Gasteiger partial charge in [0.15, 0.2) is 0 Å². The van der Waals surface area contributed by atoms with Crippen LogP contribution >= 0.6 is 0 Å². The second-order valence-corrected chi connectivity index (χ2v) is 4.11. The van der Waals surface area contributed by atoms with Crippen molar-refractivity contribution in [2.75, 3.05) is 0 Å². The molecule has 0 saturated carbocycles. The van der Waals surface area contributed by atoms with Crippen molar-refractivity contribution >= 4 is 5.97 Å². The van der Waals surface area contributed by atoms with Crippen molar-refractivity contribution in [2.24, 2.45) is 0 Å². The largest absolute Gasteiger partial charge is 0.425 e. The molecule has 1 aliphatic carbocycles. The van der Waals surface area contributed by atoms with E-state index in [0.717, 1.165) is 31.3 Å². The maximum Gasteiger partial charge on any atom is 0.341 e. The normalized spacial score (nSPS) is 29.3. The molecule has 1 aliphatic heterocycles. The van der Waals surface area contributed by atoms with Crippen molar-refractivity contribution in [3.8, 4) is 0 Å². The summed E-state index contributed by atoms with van der Waals surface area (Å²) in [5.41, 5.74) is 1.35. The number of hydrogen-bond acceptors (Lipinski definition) is 3. The molecule has 0 spiro atoms. The Bertz CT molecular complexity index is 341. The molecule has 0 amide bonds. The lowest BCUT2D eigenvalue weighted by Crippen LogP contribution is -2.31. The van der Waals surface area contributed by atoms with Crippen LogP contribution in [0.2, 0.25) is 0 Å². The fourth-order valence-electron chi connectivity index (χ4n) is 2.15. The molecule has 1 heterocycles. The van der Waals surface area contributed by atoms with E-state index in [4.69, 9.17) is 4.74 Å². The van der Waals surface area contributed by atoms with Gasteiger partial charge in [0.25, 0.3) is 0 Å². The van der Waals surface area contributed by atoms with Gasteiger partial charge in [0.1, 0.15) is 0 Å². The minimum Gasteiger partial charge on any atom is -0.425 e. The summed E-state index contributed by atoms with van der Waals surface area (Å²) >= 11 is 0. The highest BCUT2D eigenvalue weighted by Gasteiger charge is 2.44. The lowest BCUT2D eigenvalue weighted by atomic mass is 9.90. The Balaban J connectivity index is 2.25. The molecule has 1 atom stereocenters. The number of allylic oxidation sites excluding steroid dienone is 1. The van der Waals surface area contributed by atoms with E-state index in [0.29, 0.717) is 12.0 Å². The number of carbonyl (C=O) groups is 1. The molecule has 0 fully saturated rings. The number of carbonyl (C=O) groups excluding carboxylic acids is 1. The third kappa shape index (κ3) is 1.72. The van der Waals surface area contributed by atoms with Crippen molar-refractivity contribution in [3.63, 3.8) is 0 Å². The van der Waals surface area contributed by atoms with Gasteiger partial charge in [-0.1, -0.05) is 25.5 Å². The summed E-state index contributed by atoms with van der Waals surface area (Å²) in [6.07, 6.45) is 7.70. The van der Waals surface area contributed by atoms with Gasteiger partial charge in [-0.25, -0.2) is 4.79 Å². The zero-order valence-electron chi connectivity index (χ0n) is 8.95. The summed E-state index contributed by atoms with van der Waals surface area (Å²) < 4.78 is 5.09. The van der Waals surface area contributed by atoms with Gasteiger partial charge in [-0.05, 0) is 19.3 Å². The summed E-state index contributed by atoms with van der Waals surface area (Å²) in [6, 6.07) is 0. The number of ether oxygens (including phenoxy) is 1. The summed E-state index contributed by atoms with van der Waals surface area (Å²) in [4.78, 5) is 11.5. The van der Waals surface area contributed by atoms with Gasteiger partial charge >= 0.3 is 5.97 Å². The third-order valence-corrected chi connectivity index (χ3v) is 2.99. The number of hydrogen-bond donors (Lipinski definition) is 1. The zero-order chi connectivity index (χ0) is 10.9. The highest BCUT2D eigenvalue weighted by Crippen LogP contribution is 2.39. The van der Waals surface area contributed by atoms with Crippen LogP contribution in [0.15, 0.2) is 23.3 Å². The van der Waals surface area contributed by atoms with E-state index >= 15 is 0 Å². The van der Waals surface area contributed by atoms with Gasteiger partial charge < -0.3 is 9.84 Å². The molecule has 0 saturated heterocycles. The summed E-state index contributed by atoms with van der Waals surface area (Å²) in [5.74, 6) is -1.69. The molecule has 3 heteroatoms. The molecular weight excluding hydrogens is 192 g/mol. The minimum atomic E-state index is -1.31. The summed E-state index contributed by atoms with van der Waals surface area (Å²) in [6.45, 7) is 2.05. The lowest BCUT2D eigenvalue weighted by molar-refractivity contribution is -0.184. The molecule has 2 aliphatic rings. The van der Waals surface area contributed by atoms with E-state index in [1.54, 1.807) is 6.08 Å². The molecule has 1 N–H and O–H groups in total. The van der Waals surface area contributed by atoms with Gasteiger partial charge in [0.2, 0.25) is 5.79 Å². The summed E-state index contributed by atoms with van der Waals surface area (Å²) in [5, 5.41) is 10.3. The maximum atomic E-state index is 11.5. The molecule has 0 aromatic rings. The van der Waals surface area contributed by atoms with E-state index in [9.17, 15) is 9.90 Å². The van der Waals surface area contributed by atoms with Crippen molar-refractivity contribution < 1.29 is 14.6 Å². The second-order valence-electron chi connectivity index (χ2n) is 4.11. The predicted molar refractivity (Wildman–Crippen MR) is 56.0 cm³/mol. The van der Waals surface area contributed by atoms with Crippen molar-refractivity contribution in [3.05, 3.63) is 23.3 Å². The first-order chi connectivity index (χ1) is 7.17. The van der Waals surface area contributed by atoms with Gasteiger partial charge in [-0.2, -0.15) is 0 Å². The Kier molecular flexibility index (Phi) is 2.65. The fraction of sp³-hybridized carbons (Fsp3) is 0.583. The molecule has 0 radical (unpaired) electrons. The van der Waals surface area contributed by atoms with Crippen LogP contribution < -0.4 is 0 Å². The number of cyclic esters (lactones) is 1.